The number of carbonyl (C=O) groups excluding carboxylic acids is 1. The van der Waals surface area contributed by atoms with Crippen molar-refractivity contribution in [1.82, 2.24) is 4.90 Å². The van der Waals surface area contributed by atoms with E-state index >= 15 is 0 Å². The Bertz CT molecular complexity index is 389. The Labute approximate surface area is 124 Å². The molecule has 0 spiro atoms. The molecule has 0 N–H and O–H groups in total. The second-order valence-electron chi connectivity index (χ2n) is 4.30. The minimum atomic E-state index is -0.223. The fourth-order valence-corrected chi connectivity index (χ4v) is 3.22. The van der Waals surface area contributed by atoms with Crippen LogP contribution in [0.3, 0.4) is 0 Å². The number of hydrogen-bond acceptors (Lipinski definition) is 2. The lowest BCUT2D eigenvalue weighted by atomic mass is 9.97. The van der Waals surface area contributed by atoms with Crippen LogP contribution in [-0.4, -0.2) is 33.7 Å². The van der Waals surface area contributed by atoms with Gasteiger partial charge in [-0.15, -0.1) is 0 Å². The highest BCUT2D eigenvalue weighted by atomic mass is 79.9. The van der Waals surface area contributed by atoms with Crippen molar-refractivity contribution in [3.05, 3.63) is 35.9 Å². The van der Waals surface area contributed by atoms with Crippen molar-refractivity contribution in [2.45, 2.75) is 25.1 Å². The van der Waals surface area contributed by atoms with E-state index in [9.17, 15) is 4.79 Å². The molecule has 0 aromatic heterocycles. The Morgan fingerprint density at radius 2 is 1.83 bits per heavy atom. The lowest BCUT2D eigenvalue weighted by molar-refractivity contribution is 0.0207. The second-order valence-corrected chi connectivity index (χ2v) is 5.59. The van der Waals surface area contributed by atoms with Gasteiger partial charge < -0.3 is 9.64 Å². The van der Waals surface area contributed by atoms with Crippen LogP contribution in [0, 0.1) is 0 Å². The minimum absolute atomic E-state index is 0.223. The number of ether oxygens (including phenoxy) is 1. The van der Waals surface area contributed by atoms with Gasteiger partial charge in [0.05, 0.1) is 0 Å². The van der Waals surface area contributed by atoms with Crippen LogP contribution in [0.15, 0.2) is 30.3 Å². The zero-order valence-electron chi connectivity index (χ0n) is 9.89. The van der Waals surface area contributed by atoms with Gasteiger partial charge in [-0.1, -0.05) is 62.2 Å². The number of amides is 1. The molecule has 1 fully saturated rings. The molecule has 2 atom stereocenters. The summed E-state index contributed by atoms with van der Waals surface area (Å²) in [5.41, 5.74) is 1.01. The van der Waals surface area contributed by atoms with Crippen LogP contribution in [0.2, 0.25) is 0 Å². The lowest BCUT2D eigenvalue weighted by Gasteiger charge is -2.46. The van der Waals surface area contributed by atoms with Gasteiger partial charge in [0, 0.05) is 22.7 Å². The highest BCUT2D eigenvalue weighted by Crippen LogP contribution is 2.29. The molecule has 1 amide bonds. The van der Waals surface area contributed by atoms with Crippen LogP contribution in [-0.2, 0) is 11.3 Å². The Morgan fingerprint density at radius 3 is 2.39 bits per heavy atom. The van der Waals surface area contributed by atoms with Crippen LogP contribution in [0.1, 0.15) is 12.0 Å². The Balaban J connectivity index is 1.87. The smallest absolute Gasteiger partial charge is 0.410 e. The molecule has 1 saturated heterocycles. The number of benzene rings is 1. The quantitative estimate of drug-likeness (QED) is 0.752. The Kier molecular flexibility index (Phi) is 5.06. The summed E-state index contributed by atoms with van der Waals surface area (Å²) in [6, 6.07) is 10.3. The first-order valence-electron chi connectivity index (χ1n) is 5.87. The molecule has 0 radical (unpaired) electrons. The summed E-state index contributed by atoms with van der Waals surface area (Å²) in [6.07, 6.45) is 0.802. The number of carbonyl (C=O) groups is 1. The Morgan fingerprint density at radius 1 is 1.22 bits per heavy atom. The van der Waals surface area contributed by atoms with E-state index in [4.69, 9.17) is 4.74 Å². The largest absolute Gasteiger partial charge is 0.445 e. The van der Waals surface area contributed by atoms with E-state index in [0.29, 0.717) is 6.61 Å². The standard InChI is InChI=1S/C13H15Br2NO2/c14-7-11-6-12(8-15)16(11)13(17)18-9-10-4-2-1-3-5-10/h1-5,11-12H,6-9H2. The van der Waals surface area contributed by atoms with Crippen LogP contribution >= 0.6 is 31.9 Å². The fourth-order valence-electron chi connectivity index (χ4n) is 2.07. The van der Waals surface area contributed by atoms with Gasteiger partial charge in [0.1, 0.15) is 6.61 Å². The first-order valence-corrected chi connectivity index (χ1v) is 8.11. The highest BCUT2D eigenvalue weighted by molar-refractivity contribution is 9.09. The third-order valence-electron chi connectivity index (χ3n) is 3.10. The van der Waals surface area contributed by atoms with E-state index in [1.165, 1.54) is 0 Å². The zero-order chi connectivity index (χ0) is 13.0. The van der Waals surface area contributed by atoms with Crippen molar-refractivity contribution >= 4 is 38.0 Å². The highest BCUT2D eigenvalue weighted by Gasteiger charge is 2.41. The van der Waals surface area contributed by atoms with E-state index in [-0.39, 0.29) is 18.2 Å². The van der Waals surface area contributed by atoms with E-state index in [0.717, 1.165) is 22.6 Å². The molecule has 2 unspecified atom stereocenters. The maximum Gasteiger partial charge on any atom is 0.410 e. The monoisotopic (exact) mass is 375 g/mol. The molecular formula is C13H15Br2NO2. The molecule has 1 aliphatic heterocycles. The summed E-state index contributed by atoms with van der Waals surface area (Å²) in [5, 5.41) is 1.61. The molecule has 3 nitrogen and oxygen atoms in total. The average Bonchev–Trinajstić information content (AvgIpc) is 2.37. The maximum absolute atomic E-state index is 12.0. The number of halogens is 2. The molecule has 18 heavy (non-hydrogen) atoms. The molecule has 0 aliphatic carbocycles. The van der Waals surface area contributed by atoms with E-state index in [1.807, 2.05) is 35.2 Å². The third kappa shape index (κ3) is 3.06. The second kappa shape index (κ2) is 6.57. The molecule has 0 bridgehead atoms. The summed E-state index contributed by atoms with van der Waals surface area (Å²) in [4.78, 5) is 13.8. The SMILES string of the molecule is O=C(OCc1ccccc1)N1C(CBr)CC1CBr. The Hall–Kier alpha value is -0.550. The molecule has 1 aromatic carbocycles. The first-order chi connectivity index (χ1) is 8.76. The van der Waals surface area contributed by atoms with Gasteiger partial charge in [0.2, 0.25) is 0 Å². The lowest BCUT2D eigenvalue weighted by Crippen LogP contribution is -2.60. The van der Waals surface area contributed by atoms with Gasteiger partial charge in [0.25, 0.3) is 0 Å². The van der Waals surface area contributed by atoms with Gasteiger partial charge in [0.15, 0.2) is 0 Å². The minimum Gasteiger partial charge on any atom is -0.445 e. The molecule has 0 saturated carbocycles. The summed E-state index contributed by atoms with van der Waals surface area (Å²) < 4.78 is 5.34. The molecule has 1 aliphatic rings. The summed E-state index contributed by atoms with van der Waals surface area (Å²) in [5.74, 6) is 0. The molecule has 1 aromatic rings. The van der Waals surface area contributed by atoms with Crippen molar-refractivity contribution in [2.75, 3.05) is 10.7 Å². The summed E-state index contributed by atoms with van der Waals surface area (Å²) in [6.45, 7) is 0.334. The van der Waals surface area contributed by atoms with Gasteiger partial charge in [-0.2, -0.15) is 0 Å². The van der Waals surface area contributed by atoms with Crippen molar-refractivity contribution in [1.29, 1.82) is 0 Å². The fraction of sp³-hybridized carbons (Fsp3) is 0.462. The van der Waals surface area contributed by atoms with E-state index in [2.05, 4.69) is 31.9 Å². The molecule has 1 heterocycles. The topological polar surface area (TPSA) is 29.5 Å². The molecule has 98 valence electrons. The number of rotatable bonds is 4. The maximum atomic E-state index is 12.0. The van der Waals surface area contributed by atoms with Gasteiger partial charge in [-0.25, -0.2) is 4.79 Å². The van der Waals surface area contributed by atoms with E-state index in [1.54, 1.807) is 0 Å². The van der Waals surface area contributed by atoms with Gasteiger partial charge in [-0.3, -0.25) is 0 Å². The average molecular weight is 377 g/mol. The van der Waals surface area contributed by atoms with Crippen molar-refractivity contribution in [3.8, 4) is 0 Å². The number of hydrogen-bond donors (Lipinski definition) is 0. The number of alkyl halides is 2. The first kappa shape index (κ1) is 13.9. The third-order valence-corrected chi connectivity index (χ3v) is 4.60. The number of nitrogens with zero attached hydrogens (tertiary/aromatic N) is 1. The van der Waals surface area contributed by atoms with E-state index < -0.39 is 0 Å². The van der Waals surface area contributed by atoms with Crippen LogP contribution in [0.4, 0.5) is 4.79 Å². The molecule has 2 rings (SSSR count). The number of likely N-dealkylation sites (tertiary alicyclic amines) is 1. The predicted molar refractivity (Wildman–Crippen MR) is 78.2 cm³/mol. The van der Waals surface area contributed by atoms with Crippen molar-refractivity contribution < 1.29 is 9.53 Å². The van der Waals surface area contributed by atoms with Gasteiger partial charge >= 0.3 is 6.09 Å². The zero-order valence-corrected chi connectivity index (χ0v) is 13.1. The normalized spacial score (nSPS) is 22.4. The molecule has 5 heteroatoms. The van der Waals surface area contributed by atoms with Crippen LogP contribution < -0.4 is 0 Å². The van der Waals surface area contributed by atoms with Crippen LogP contribution in [0.5, 0.6) is 0 Å². The van der Waals surface area contributed by atoms with Gasteiger partial charge in [-0.05, 0) is 12.0 Å². The summed E-state index contributed by atoms with van der Waals surface area (Å²) in [7, 11) is 0. The summed E-state index contributed by atoms with van der Waals surface area (Å²) >= 11 is 6.85. The van der Waals surface area contributed by atoms with Crippen LogP contribution in [0.25, 0.3) is 0 Å². The van der Waals surface area contributed by atoms with Crippen molar-refractivity contribution in [3.63, 3.8) is 0 Å². The predicted octanol–water partition coefficient (Wildman–Crippen LogP) is 3.56. The van der Waals surface area contributed by atoms with Crippen molar-refractivity contribution in [2.24, 2.45) is 0 Å². The molecular weight excluding hydrogens is 362 g/mol.